The Hall–Kier alpha value is -3.68. The van der Waals surface area contributed by atoms with Crippen molar-refractivity contribution in [1.82, 2.24) is 9.47 Å². The number of carbonyl (C=O) groups excluding carboxylic acids is 1. The normalized spacial score (nSPS) is 19.2. The molecule has 1 saturated heterocycles. The van der Waals surface area contributed by atoms with Gasteiger partial charge in [0.25, 0.3) is 0 Å². The van der Waals surface area contributed by atoms with Crippen molar-refractivity contribution in [2.75, 3.05) is 13.1 Å². The van der Waals surface area contributed by atoms with E-state index >= 15 is 0 Å². The van der Waals surface area contributed by atoms with Gasteiger partial charge in [-0.05, 0) is 67.8 Å². The number of likely N-dealkylation sites (tertiary alicyclic amines) is 1. The molecule has 3 aromatic rings. The zero-order valence-electron chi connectivity index (χ0n) is 23.4. The molecule has 5 rings (SSSR count). The fourth-order valence-electron chi connectivity index (χ4n) is 5.09. The predicted molar refractivity (Wildman–Crippen MR) is 155 cm³/mol. The van der Waals surface area contributed by atoms with Crippen LogP contribution in [0, 0.1) is 0 Å². The first-order valence-corrected chi connectivity index (χ1v) is 14.5. The Labute approximate surface area is 252 Å². The van der Waals surface area contributed by atoms with E-state index in [1.54, 1.807) is 39.0 Å². The number of fused-ring (bicyclic) bond motifs is 1. The molecule has 0 radical (unpaired) electrons. The fraction of sp³-hybridized carbons (Fsp3) is 0.379. The number of amides is 1. The summed E-state index contributed by atoms with van der Waals surface area (Å²) in [6.07, 6.45) is -5.13. The van der Waals surface area contributed by atoms with Gasteiger partial charge in [0.15, 0.2) is 0 Å². The van der Waals surface area contributed by atoms with Crippen molar-refractivity contribution < 1.29 is 32.9 Å². The first-order valence-electron chi connectivity index (χ1n) is 13.3. The molecular formula is C29H28ClF3N4O5S. The number of piperidine rings is 1. The molecule has 14 heteroatoms. The van der Waals surface area contributed by atoms with Crippen LogP contribution in [0.3, 0.4) is 0 Å². The number of hydrogen-bond donors (Lipinski definition) is 2. The average molecular weight is 637 g/mol. The second kappa shape index (κ2) is 11.4. The third-order valence-corrected chi connectivity index (χ3v) is 8.34. The van der Waals surface area contributed by atoms with Crippen molar-refractivity contribution in [2.45, 2.75) is 57.5 Å². The van der Waals surface area contributed by atoms with Crippen LogP contribution in [-0.2, 0) is 17.3 Å². The first-order chi connectivity index (χ1) is 20.1. The SMILES string of the molecule is CC(C)(C)OC(=O)N1CC[C@H](O)[C@@H](n2c(O)c(C(Cc3ccc(Cl)cc3C(F)(F)F)=c3ccc4c(c3)C=NN=4)sc2=O)C1. The third-order valence-electron chi connectivity index (χ3n) is 7.10. The van der Waals surface area contributed by atoms with Gasteiger partial charge in [0, 0.05) is 30.1 Å². The van der Waals surface area contributed by atoms with E-state index in [2.05, 4.69) is 10.2 Å². The highest BCUT2D eigenvalue weighted by Crippen LogP contribution is 2.38. The molecule has 0 unspecified atom stereocenters. The van der Waals surface area contributed by atoms with Crippen molar-refractivity contribution in [3.8, 4) is 5.88 Å². The number of rotatable bonds is 4. The molecule has 3 heterocycles. The summed E-state index contributed by atoms with van der Waals surface area (Å²) in [5, 5.41) is 31.1. The van der Waals surface area contributed by atoms with Gasteiger partial charge in [-0.1, -0.05) is 35.1 Å². The van der Waals surface area contributed by atoms with Crippen LogP contribution in [-0.4, -0.2) is 56.8 Å². The molecule has 43 heavy (non-hydrogen) atoms. The van der Waals surface area contributed by atoms with E-state index in [0.717, 1.165) is 10.6 Å². The van der Waals surface area contributed by atoms with Crippen LogP contribution >= 0.6 is 22.9 Å². The molecule has 1 fully saturated rings. The van der Waals surface area contributed by atoms with Crippen LogP contribution in [0.15, 0.2) is 51.4 Å². The summed E-state index contributed by atoms with van der Waals surface area (Å²) in [6, 6.07) is 7.35. The lowest BCUT2D eigenvalue weighted by molar-refractivity contribution is -0.138. The molecule has 2 atom stereocenters. The van der Waals surface area contributed by atoms with Gasteiger partial charge in [-0.2, -0.15) is 23.4 Å². The van der Waals surface area contributed by atoms with E-state index in [1.165, 1.54) is 23.2 Å². The molecular weight excluding hydrogens is 609 g/mol. The van der Waals surface area contributed by atoms with E-state index in [4.69, 9.17) is 16.3 Å². The molecule has 0 spiro atoms. The second-order valence-corrected chi connectivity index (χ2v) is 12.7. The van der Waals surface area contributed by atoms with Crippen LogP contribution in [0.25, 0.3) is 5.57 Å². The van der Waals surface area contributed by atoms with E-state index in [0.29, 0.717) is 27.5 Å². The number of benzene rings is 2. The largest absolute Gasteiger partial charge is 0.493 e. The summed E-state index contributed by atoms with van der Waals surface area (Å²) >= 11 is 6.54. The monoisotopic (exact) mass is 636 g/mol. The smallest absolute Gasteiger partial charge is 0.416 e. The lowest BCUT2D eigenvalue weighted by Gasteiger charge is -2.37. The number of halogens is 4. The standard InChI is InChI=1S/C29H28ClF3N4O5S/c1-28(2,3)42-26(40)36-9-8-23(38)22(14-36)37-25(39)24(43-27(37)41)19(15-5-7-21-17(10-15)13-34-35-21)11-16-4-6-18(30)12-20(16)29(31,32)33/h4-7,10,12-13,22-23,38-39H,8-9,11,14H2,1-3H3/t22-,23-/m0/s1. The number of alkyl halides is 3. The van der Waals surface area contributed by atoms with Gasteiger partial charge in [-0.25, -0.2) is 4.79 Å². The predicted octanol–water partition coefficient (Wildman–Crippen LogP) is 4.24. The molecule has 0 aliphatic carbocycles. The number of nitrogens with zero attached hydrogens (tertiary/aromatic N) is 4. The Kier molecular flexibility index (Phi) is 8.18. The van der Waals surface area contributed by atoms with Gasteiger partial charge < -0.3 is 19.8 Å². The third kappa shape index (κ3) is 6.48. The van der Waals surface area contributed by atoms with Gasteiger partial charge in [0.05, 0.1) is 34.2 Å². The van der Waals surface area contributed by atoms with Gasteiger partial charge >= 0.3 is 17.1 Å². The lowest BCUT2D eigenvalue weighted by atomic mass is 9.96. The molecule has 2 aliphatic heterocycles. The number of aliphatic hydroxyl groups excluding tert-OH is 1. The quantitative estimate of drug-likeness (QED) is 0.445. The summed E-state index contributed by atoms with van der Waals surface area (Å²) in [7, 11) is 0. The Bertz CT molecular complexity index is 1790. The Morgan fingerprint density at radius 3 is 2.63 bits per heavy atom. The number of thiazole rings is 1. The Morgan fingerprint density at radius 2 is 1.93 bits per heavy atom. The van der Waals surface area contributed by atoms with E-state index < -0.39 is 46.3 Å². The van der Waals surface area contributed by atoms with Crippen molar-refractivity contribution >= 4 is 40.8 Å². The van der Waals surface area contributed by atoms with Crippen molar-refractivity contribution in [1.29, 1.82) is 0 Å². The molecule has 0 bridgehead atoms. The summed E-state index contributed by atoms with van der Waals surface area (Å²) < 4.78 is 48.5. The molecule has 2 aliphatic rings. The molecule has 228 valence electrons. The summed E-state index contributed by atoms with van der Waals surface area (Å²) in [6.45, 7) is 5.19. The molecule has 2 aromatic carbocycles. The zero-order valence-corrected chi connectivity index (χ0v) is 24.9. The van der Waals surface area contributed by atoms with E-state index in [1.807, 2.05) is 0 Å². The van der Waals surface area contributed by atoms with Crippen LogP contribution in [0.1, 0.15) is 54.8 Å². The van der Waals surface area contributed by atoms with Crippen LogP contribution in [0.4, 0.5) is 18.0 Å². The van der Waals surface area contributed by atoms with Gasteiger partial charge in [-0.15, -0.1) is 0 Å². The first kappa shape index (κ1) is 30.8. The lowest BCUT2D eigenvalue weighted by Crippen LogP contribution is -2.49. The maximum atomic E-state index is 14.0. The van der Waals surface area contributed by atoms with E-state index in [-0.39, 0.29) is 47.0 Å². The fourth-order valence-corrected chi connectivity index (χ4v) is 6.26. The van der Waals surface area contributed by atoms with Crippen molar-refractivity contribution in [3.63, 3.8) is 0 Å². The minimum absolute atomic E-state index is 0.0292. The number of aliphatic hydroxyl groups is 1. The number of aromatic nitrogens is 1. The minimum atomic E-state index is -4.72. The highest BCUT2D eigenvalue weighted by molar-refractivity contribution is 7.10. The number of hydrogen-bond acceptors (Lipinski definition) is 8. The molecule has 1 amide bonds. The topological polar surface area (TPSA) is 117 Å². The van der Waals surface area contributed by atoms with Crippen LogP contribution in [0.2, 0.25) is 5.02 Å². The van der Waals surface area contributed by atoms with E-state index in [9.17, 15) is 33.0 Å². The second-order valence-electron chi connectivity index (χ2n) is 11.3. The van der Waals surface area contributed by atoms with Gasteiger partial charge in [0.2, 0.25) is 5.88 Å². The highest BCUT2D eigenvalue weighted by Gasteiger charge is 2.38. The average Bonchev–Trinajstić information content (AvgIpc) is 3.50. The number of aromatic hydroxyl groups is 1. The van der Waals surface area contributed by atoms with Crippen LogP contribution in [0.5, 0.6) is 5.88 Å². The molecule has 2 N–H and O–H groups in total. The van der Waals surface area contributed by atoms with Gasteiger partial charge in [0.1, 0.15) is 5.60 Å². The maximum absolute atomic E-state index is 14.0. The zero-order chi connectivity index (χ0) is 31.3. The van der Waals surface area contributed by atoms with Crippen LogP contribution < -0.4 is 15.4 Å². The highest BCUT2D eigenvalue weighted by atomic mass is 35.5. The van der Waals surface area contributed by atoms with Crippen molar-refractivity contribution in [2.24, 2.45) is 10.2 Å². The minimum Gasteiger partial charge on any atom is -0.493 e. The summed E-state index contributed by atoms with van der Waals surface area (Å²) in [5.74, 6) is -0.526. The summed E-state index contributed by atoms with van der Waals surface area (Å²) in [5.41, 5.74) is -0.984. The Balaban J connectivity index is 1.63. The Morgan fingerprint density at radius 1 is 1.19 bits per heavy atom. The summed E-state index contributed by atoms with van der Waals surface area (Å²) in [4.78, 5) is 26.9. The number of ether oxygens (including phenoxy) is 1. The molecule has 9 nitrogen and oxygen atoms in total. The number of carbonyl (C=O) groups is 1. The van der Waals surface area contributed by atoms with Gasteiger partial charge in [-0.3, -0.25) is 9.36 Å². The van der Waals surface area contributed by atoms with Crippen molar-refractivity contribution in [3.05, 3.63) is 83.2 Å². The molecule has 0 saturated carbocycles. The maximum Gasteiger partial charge on any atom is 0.416 e. The molecule has 1 aromatic heterocycles.